The van der Waals surface area contributed by atoms with Crippen molar-refractivity contribution in [2.45, 2.75) is 47.6 Å². The van der Waals surface area contributed by atoms with Crippen LogP contribution in [0.4, 0.5) is 0 Å². The number of hydrogen-bond acceptors (Lipinski definition) is 5. The zero-order valence-corrected chi connectivity index (χ0v) is 18.1. The van der Waals surface area contributed by atoms with Crippen LogP contribution in [0.15, 0.2) is 50.7 Å². The van der Waals surface area contributed by atoms with Crippen LogP contribution >= 0.6 is 0 Å². The molecule has 0 radical (unpaired) electrons. The van der Waals surface area contributed by atoms with E-state index in [1.165, 1.54) is 6.07 Å². The fraction of sp³-hybridized carbons (Fsp3) is 0.320. The Bertz CT molecular complexity index is 1220. The van der Waals surface area contributed by atoms with Crippen LogP contribution in [0.3, 0.4) is 0 Å². The third kappa shape index (κ3) is 4.12. The van der Waals surface area contributed by atoms with Gasteiger partial charge < -0.3 is 19.4 Å². The largest absolute Gasteiger partial charge is 0.507 e. The van der Waals surface area contributed by atoms with Gasteiger partial charge >= 0.3 is 0 Å². The van der Waals surface area contributed by atoms with E-state index < -0.39 is 0 Å². The average Bonchev–Trinajstić information content (AvgIpc) is 2.67. The van der Waals surface area contributed by atoms with E-state index in [-0.39, 0.29) is 28.6 Å². The topological polar surface area (TPSA) is 79.9 Å². The van der Waals surface area contributed by atoms with Crippen molar-refractivity contribution in [1.29, 1.82) is 0 Å². The number of ether oxygens (including phenoxy) is 1. The van der Waals surface area contributed by atoms with Crippen molar-refractivity contribution in [3.8, 4) is 11.5 Å². The molecular weight excluding hydrogens is 380 g/mol. The van der Waals surface area contributed by atoms with Crippen LogP contribution in [0.2, 0.25) is 0 Å². The number of rotatable bonds is 6. The minimum Gasteiger partial charge on any atom is -0.507 e. The van der Waals surface area contributed by atoms with Gasteiger partial charge in [0.2, 0.25) is 5.43 Å². The predicted octanol–water partition coefficient (Wildman–Crippen LogP) is 5.31. The van der Waals surface area contributed by atoms with Gasteiger partial charge in [0.1, 0.15) is 34.7 Å². The maximum Gasteiger partial charge on any atom is 0.204 e. The Morgan fingerprint density at radius 1 is 1.10 bits per heavy atom. The van der Waals surface area contributed by atoms with Crippen molar-refractivity contribution in [3.63, 3.8) is 0 Å². The van der Waals surface area contributed by atoms with Crippen LogP contribution in [0.25, 0.3) is 21.9 Å². The first kappa shape index (κ1) is 21.7. The van der Waals surface area contributed by atoms with E-state index in [0.29, 0.717) is 35.5 Å². The van der Waals surface area contributed by atoms with E-state index in [2.05, 4.69) is 0 Å². The molecule has 158 valence electrons. The first-order valence-corrected chi connectivity index (χ1v) is 9.98. The van der Waals surface area contributed by atoms with Gasteiger partial charge in [-0.25, -0.2) is 0 Å². The standard InChI is InChI=1S/C25H28O5/c1-14(2)6-7-17-8-9-19(27)22-23(28)21-18(13-26)24(29-11-10-15(3)4)16(5)12-20(21)30-25(17)22/h6,8-10,12,26-27H,7,11,13H2,1-5H3. The van der Waals surface area contributed by atoms with Crippen LogP contribution in [0.5, 0.6) is 11.5 Å². The SMILES string of the molecule is CC(C)=CCOc1c(C)cc2oc3c(CC=C(C)C)ccc(O)c3c(=O)c2c1CO. The number of hydrogen-bond donors (Lipinski definition) is 2. The van der Waals surface area contributed by atoms with Crippen LogP contribution < -0.4 is 10.2 Å². The van der Waals surface area contributed by atoms with Gasteiger partial charge in [0.05, 0.1) is 12.0 Å². The van der Waals surface area contributed by atoms with Crippen molar-refractivity contribution in [2.24, 2.45) is 0 Å². The zero-order chi connectivity index (χ0) is 22.0. The van der Waals surface area contributed by atoms with Gasteiger partial charge in [-0.2, -0.15) is 0 Å². The summed E-state index contributed by atoms with van der Waals surface area (Å²) in [6.07, 6.45) is 4.55. The van der Waals surface area contributed by atoms with E-state index in [1.54, 1.807) is 12.1 Å². The first-order valence-electron chi connectivity index (χ1n) is 9.98. The Hall–Kier alpha value is -3.05. The van der Waals surface area contributed by atoms with Gasteiger partial charge in [0.15, 0.2) is 0 Å². The number of aliphatic hydroxyl groups excluding tert-OH is 1. The Kier molecular flexibility index (Phi) is 6.32. The maximum atomic E-state index is 13.4. The molecule has 0 saturated carbocycles. The number of allylic oxidation sites excluding steroid dienone is 3. The summed E-state index contributed by atoms with van der Waals surface area (Å²) < 4.78 is 12.0. The summed E-state index contributed by atoms with van der Waals surface area (Å²) in [4.78, 5) is 13.4. The minimum absolute atomic E-state index is 0.121. The highest BCUT2D eigenvalue weighted by atomic mass is 16.5. The molecule has 0 aliphatic carbocycles. The van der Waals surface area contributed by atoms with Gasteiger partial charge in [-0.3, -0.25) is 4.79 Å². The second-order valence-electron chi connectivity index (χ2n) is 7.99. The van der Waals surface area contributed by atoms with Gasteiger partial charge in [0, 0.05) is 5.56 Å². The average molecular weight is 408 g/mol. The maximum absolute atomic E-state index is 13.4. The first-order chi connectivity index (χ1) is 14.2. The highest BCUT2D eigenvalue weighted by molar-refractivity contribution is 5.97. The fourth-order valence-corrected chi connectivity index (χ4v) is 3.47. The van der Waals surface area contributed by atoms with Crippen LogP contribution in [0.1, 0.15) is 44.4 Å². The Morgan fingerprint density at radius 2 is 1.80 bits per heavy atom. The number of phenolic OH excluding ortho intramolecular Hbond substituents is 1. The van der Waals surface area contributed by atoms with E-state index >= 15 is 0 Å². The third-order valence-electron chi connectivity index (χ3n) is 5.02. The molecule has 5 nitrogen and oxygen atoms in total. The molecule has 5 heteroatoms. The Balaban J connectivity index is 2.33. The molecule has 1 heterocycles. The van der Waals surface area contributed by atoms with Crippen LogP contribution in [-0.2, 0) is 13.0 Å². The molecule has 0 amide bonds. The lowest BCUT2D eigenvalue weighted by atomic mass is 10.00. The molecule has 0 unspecified atom stereocenters. The molecule has 2 N–H and O–H groups in total. The summed E-state index contributed by atoms with van der Waals surface area (Å²) >= 11 is 0. The molecule has 0 bridgehead atoms. The summed E-state index contributed by atoms with van der Waals surface area (Å²) in [5.74, 6) is 0.326. The number of aromatic hydroxyl groups is 1. The number of phenols is 1. The molecule has 1 aromatic heterocycles. The lowest BCUT2D eigenvalue weighted by Gasteiger charge is -2.15. The van der Waals surface area contributed by atoms with Crippen LogP contribution in [0, 0.1) is 6.92 Å². The Morgan fingerprint density at radius 3 is 2.43 bits per heavy atom. The molecule has 30 heavy (non-hydrogen) atoms. The smallest absolute Gasteiger partial charge is 0.204 e. The predicted molar refractivity (Wildman–Crippen MR) is 120 cm³/mol. The highest BCUT2D eigenvalue weighted by Crippen LogP contribution is 2.35. The summed E-state index contributed by atoms with van der Waals surface area (Å²) in [6, 6.07) is 5.03. The summed E-state index contributed by atoms with van der Waals surface area (Å²) in [5.41, 5.74) is 4.57. The minimum atomic E-state index is -0.378. The molecule has 0 spiro atoms. The van der Waals surface area contributed by atoms with E-state index in [4.69, 9.17) is 9.15 Å². The molecule has 2 aromatic carbocycles. The third-order valence-corrected chi connectivity index (χ3v) is 5.02. The molecular formula is C25H28O5. The molecule has 0 atom stereocenters. The van der Waals surface area contributed by atoms with Gasteiger partial charge in [-0.05, 0) is 70.4 Å². The summed E-state index contributed by atoms with van der Waals surface area (Å²) in [6.45, 7) is 9.76. The van der Waals surface area contributed by atoms with Crippen molar-refractivity contribution in [1.82, 2.24) is 0 Å². The van der Waals surface area contributed by atoms with Gasteiger partial charge in [0.25, 0.3) is 0 Å². The van der Waals surface area contributed by atoms with Crippen molar-refractivity contribution in [3.05, 3.63) is 68.4 Å². The summed E-state index contributed by atoms with van der Waals surface area (Å²) in [7, 11) is 0. The van der Waals surface area contributed by atoms with E-state index in [1.807, 2.05) is 46.8 Å². The second kappa shape index (κ2) is 8.76. The van der Waals surface area contributed by atoms with E-state index in [9.17, 15) is 15.0 Å². The lowest BCUT2D eigenvalue weighted by molar-refractivity contribution is 0.271. The molecule has 0 aliphatic heterocycles. The lowest BCUT2D eigenvalue weighted by Crippen LogP contribution is -2.10. The molecule has 0 fully saturated rings. The number of benzene rings is 2. The number of aliphatic hydroxyl groups is 1. The fourth-order valence-electron chi connectivity index (χ4n) is 3.47. The van der Waals surface area contributed by atoms with Gasteiger partial charge in [-0.1, -0.05) is 23.3 Å². The second-order valence-corrected chi connectivity index (χ2v) is 7.99. The summed E-state index contributed by atoms with van der Waals surface area (Å²) in [5, 5.41) is 20.9. The molecule has 3 rings (SSSR count). The van der Waals surface area contributed by atoms with E-state index in [0.717, 1.165) is 22.3 Å². The molecule has 3 aromatic rings. The van der Waals surface area contributed by atoms with Crippen molar-refractivity contribution >= 4 is 21.9 Å². The number of fused-ring (bicyclic) bond motifs is 2. The zero-order valence-electron chi connectivity index (χ0n) is 18.1. The quantitative estimate of drug-likeness (QED) is 0.427. The van der Waals surface area contributed by atoms with Crippen molar-refractivity contribution < 1.29 is 19.4 Å². The molecule has 0 saturated heterocycles. The molecule has 0 aliphatic rings. The van der Waals surface area contributed by atoms with Crippen LogP contribution in [-0.4, -0.2) is 16.8 Å². The normalized spacial score (nSPS) is 11.0. The van der Waals surface area contributed by atoms with Gasteiger partial charge in [-0.15, -0.1) is 0 Å². The monoisotopic (exact) mass is 408 g/mol. The number of aryl methyl sites for hydroxylation is 1. The van der Waals surface area contributed by atoms with Crippen molar-refractivity contribution in [2.75, 3.05) is 6.61 Å². The Labute approximate surface area is 175 Å². The highest BCUT2D eigenvalue weighted by Gasteiger charge is 2.21.